The number of rotatable bonds is 2. The Kier molecular flexibility index (Phi) is 3.62. The highest BCUT2D eigenvalue weighted by molar-refractivity contribution is 6.06. The molecular weight excluding hydrogens is 264 g/mol. The maximum atomic E-state index is 12.7. The second-order valence-corrected chi connectivity index (χ2v) is 5.14. The molecule has 0 spiro atoms. The van der Waals surface area contributed by atoms with Crippen molar-refractivity contribution in [3.05, 3.63) is 59.7 Å². The fraction of sp³-hybridized carbons (Fsp3) is 0.235. The number of methoxy groups -OCH3 is 1. The molecule has 1 atom stereocenters. The lowest BCUT2D eigenvalue weighted by Crippen LogP contribution is -2.38. The van der Waals surface area contributed by atoms with E-state index in [2.05, 4.69) is 0 Å². The van der Waals surface area contributed by atoms with E-state index in [0.29, 0.717) is 12.1 Å². The minimum Gasteiger partial charge on any atom is -0.497 e. The highest BCUT2D eigenvalue weighted by atomic mass is 16.5. The van der Waals surface area contributed by atoms with Crippen LogP contribution in [0.5, 0.6) is 5.75 Å². The second kappa shape index (κ2) is 5.58. The summed E-state index contributed by atoms with van der Waals surface area (Å²) in [4.78, 5) is 14.5. The van der Waals surface area contributed by atoms with E-state index < -0.39 is 0 Å². The van der Waals surface area contributed by atoms with Crippen LogP contribution in [0.1, 0.15) is 28.4 Å². The van der Waals surface area contributed by atoms with Crippen molar-refractivity contribution in [3.63, 3.8) is 0 Å². The summed E-state index contributed by atoms with van der Waals surface area (Å²) >= 11 is 0. The van der Waals surface area contributed by atoms with Gasteiger partial charge < -0.3 is 15.4 Å². The van der Waals surface area contributed by atoms with E-state index >= 15 is 0 Å². The number of carbonyl (C=O) groups is 1. The Hall–Kier alpha value is -2.33. The Balaban J connectivity index is 1.93. The zero-order chi connectivity index (χ0) is 14.8. The molecule has 3 rings (SSSR count). The van der Waals surface area contributed by atoms with Gasteiger partial charge in [-0.1, -0.05) is 18.2 Å². The molecule has 0 radical (unpaired) electrons. The van der Waals surface area contributed by atoms with E-state index in [0.717, 1.165) is 23.4 Å². The van der Waals surface area contributed by atoms with E-state index in [1.54, 1.807) is 36.3 Å². The van der Waals surface area contributed by atoms with Crippen molar-refractivity contribution in [3.8, 4) is 5.75 Å². The molecule has 4 heteroatoms. The molecule has 1 amide bonds. The molecule has 0 aliphatic carbocycles. The van der Waals surface area contributed by atoms with Crippen LogP contribution in [-0.2, 0) is 0 Å². The van der Waals surface area contributed by atoms with Gasteiger partial charge in [0.2, 0.25) is 0 Å². The smallest absolute Gasteiger partial charge is 0.258 e. The van der Waals surface area contributed by atoms with Crippen LogP contribution in [0.2, 0.25) is 0 Å². The van der Waals surface area contributed by atoms with Gasteiger partial charge in [0.05, 0.1) is 7.11 Å². The summed E-state index contributed by atoms with van der Waals surface area (Å²) in [5.41, 5.74) is 8.73. The minimum atomic E-state index is -0.00277. The van der Waals surface area contributed by atoms with Crippen LogP contribution < -0.4 is 15.4 Å². The standard InChI is InChI=1S/C17H18N2O2/c1-21-13-8-6-12(7-9-13)17(20)19-11-10-15(18)14-4-2-3-5-16(14)19/h2-9,15H,10-11,18H2,1H3. The van der Waals surface area contributed by atoms with Crippen molar-refractivity contribution in [2.75, 3.05) is 18.6 Å². The Morgan fingerprint density at radius 3 is 2.62 bits per heavy atom. The maximum Gasteiger partial charge on any atom is 0.258 e. The third kappa shape index (κ3) is 2.50. The van der Waals surface area contributed by atoms with Crippen LogP contribution in [0.3, 0.4) is 0 Å². The highest BCUT2D eigenvalue weighted by Gasteiger charge is 2.27. The molecule has 1 heterocycles. The number of ether oxygens (including phenoxy) is 1. The van der Waals surface area contributed by atoms with Gasteiger partial charge >= 0.3 is 0 Å². The third-order valence-electron chi connectivity index (χ3n) is 3.87. The summed E-state index contributed by atoms with van der Waals surface area (Å²) in [6.45, 7) is 0.642. The van der Waals surface area contributed by atoms with Gasteiger partial charge in [0.1, 0.15) is 5.75 Å². The van der Waals surface area contributed by atoms with Crippen LogP contribution in [0.15, 0.2) is 48.5 Å². The lowest BCUT2D eigenvalue weighted by atomic mass is 9.96. The van der Waals surface area contributed by atoms with E-state index in [1.165, 1.54) is 0 Å². The molecule has 1 aliphatic rings. The van der Waals surface area contributed by atoms with Crippen LogP contribution in [0.25, 0.3) is 0 Å². The molecule has 2 aromatic carbocycles. The summed E-state index contributed by atoms with van der Waals surface area (Å²) in [5.74, 6) is 0.740. The van der Waals surface area contributed by atoms with Crippen molar-refractivity contribution in [1.82, 2.24) is 0 Å². The molecule has 1 unspecified atom stereocenters. The molecule has 2 N–H and O–H groups in total. The number of para-hydroxylation sites is 1. The maximum absolute atomic E-state index is 12.7. The summed E-state index contributed by atoms with van der Waals surface area (Å²) in [6.07, 6.45) is 0.777. The number of carbonyl (C=O) groups excluding carboxylic acids is 1. The van der Waals surface area contributed by atoms with Gasteiger partial charge in [-0.25, -0.2) is 0 Å². The van der Waals surface area contributed by atoms with E-state index in [4.69, 9.17) is 10.5 Å². The molecule has 21 heavy (non-hydrogen) atoms. The van der Waals surface area contributed by atoms with Gasteiger partial charge in [-0.3, -0.25) is 4.79 Å². The molecule has 0 saturated heterocycles. The predicted molar refractivity (Wildman–Crippen MR) is 82.7 cm³/mol. The van der Waals surface area contributed by atoms with Crippen molar-refractivity contribution in [2.45, 2.75) is 12.5 Å². The monoisotopic (exact) mass is 282 g/mol. The molecule has 4 nitrogen and oxygen atoms in total. The lowest BCUT2D eigenvalue weighted by Gasteiger charge is -2.32. The molecule has 108 valence electrons. The van der Waals surface area contributed by atoms with Gasteiger partial charge in [-0.2, -0.15) is 0 Å². The van der Waals surface area contributed by atoms with Crippen LogP contribution >= 0.6 is 0 Å². The molecule has 0 fully saturated rings. The summed E-state index contributed by atoms with van der Waals surface area (Å²) in [5, 5.41) is 0. The quantitative estimate of drug-likeness (QED) is 0.921. The Bertz CT molecular complexity index is 652. The van der Waals surface area contributed by atoms with Gasteiger partial charge in [0.25, 0.3) is 5.91 Å². The number of amides is 1. The highest BCUT2D eigenvalue weighted by Crippen LogP contribution is 2.33. The van der Waals surface area contributed by atoms with Crippen molar-refractivity contribution >= 4 is 11.6 Å². The van der Waals surface area contributed by atoms with E-state index in [1.807, 2.05) is 24.3 Å². The third-order valence-corrected chi connectivity index (χ3v) is 3.87. The fourth-order valence-electron chi connectivity index (χ4n) is 2.69. The van der Waals surface area contributed by atoms with Crippen molar-refractivity contribution in [1.29, 1.82) is 0 Å². The number of nitrogens with two attached hydrogens (primary N) is 1. The average molecular weight is 282 g/mol. The largest absolute Gasteiger partial charge is 0.497 e. The second-order valence-electron chi connectivity index (χ2n) is 5.14. The Morgan fingerprint density at radius 2 is 1.90 bits per heavy atom. The fourth-order valence-corrected chi connectivity index (χ4v) is 2.69. The first-order valence-corrected chi connectivity index (χ1v) is 7.01. The van der Waals surface area contributed by atoms with Crippen molar-refractivity contribution < 1.29 is 9.53 Å². The van der Waals surface area contributed by atoms with Crippen LogP contribution in [0, 0.1) is 0 Å². The average Bonchev–Trinajstić information content (AvgIpc) is 2.55. The number of benzene rings is 2. The molecule has 0 saturated carbocycles. The number of fused-ring (bicyclic) bond motifs is 1. The zero-order valence-electron chi connectivity index (χ0n) is 12.0. The minimum absolute atomic E-state index is 0.00103. The molecule has 0 aromatic heterocycles. The number of nitrogens with zero attached hydrogens (tertiary/aromatic N) is 1. The van der Waals surface area contributed by atoms with Gasteiger partial charge in [-0.05, 0) is 42.3 Å². The Labute approximate surface area is 124 Å². The molecule has 0 bridgehead atoms. The molecule has 2 aromatic rings. The topological polar surface area (TPSA) is 55.6 Å². The van der Waals surface area contributed by atoms with Crippen LogP contribution in [-0.4, -0.2) is 19.6 Å². The first-order valence-electron chi connectivity index (χ1n) is 7.01. The SMILES string of the molecule is COc1ccc(C(=O)N2CCC(N)c3ccccc32)cc1. The lowest BCUT2D eigenvalue weighted by molar-refractivity contribution is 0.0984. The first kappa shape index (κ1) is 13.6. The number of hydrogen-bond donors (Lipinski definition) is 1. The Morgan fingerprint density at radius 1 is 1.19 bits per heavy atom. The van der Waals surface area contributed by atoms with Crippen LogP contribution in [0.4, 0.5) is 5.69 Å². The normalized spacial score (nSPS) is 17.2. The summed E-state index contributed by atoms with van der Waals surface area (Å²) in [7, 11) is 1.61. The zero-order valence-corrected chi connectivity index (χ0v) is 12.0. The number of hydrogen-bond acceptors (Lipinski definition) is 3. The van der Waals surface area contributed by atoms with Gasteiger partial charge in [0.15, 0.2) is 0 Å². The first-order chi connectivity index (χ1) is 10.2. The van der Waals surface area contributed by atoms with Crippen molar-refractivity contribution in [2.24, 2.45) is 5.73 Å². The molecule has 1 aliphatic heterocycles. The summed E-state index contributed by atoms with van der Waals surface area (Å²) < 4.78 is 5.12. The van der Waals surface area contributed by atoms with E-state index in [9.17, 15) is 4.79 Å². The van der Waals surface area contributed by atoms with E-state index in [-0.39, 0.29) is 11.9 Å². The summed E-state index contributed by atoms with van der Waals surface area (Å²) in [6, 6.07) is 15.0. The molecular formula is C17H18N2O2. The number of anilines is 1. The van der Waals surface area contributed by atoms with Gasteiger partial charge in [0, 0.05) is 23.8 Å². The predicted octanol–water partition coefficient (Wildman–Crippen LogP) is 2.75. The van der Waals surface area contributed by atoms with Gasteiger partial charge in [-0.15, -0.1) is 0 Å².